The molecular formula is C18H20ClO3P. The molecule has 0 heterocycles. The summed E-state index contributed by atoms with van der Waals surface area (Å²) >= 11 is 6.15. The summed E-state index contributed by atoms with van der Waals surface area (Å²) in [5.74, 6) is 0.723. The van der Waals surface area contributed by atoms with Gasteiger partial charge in [-0.25, -0.2) is 0 Å². The molecule has 2 aromatic carbocycles. The van der Waals surface area contributed by atoms with Crippen molar-refractivity contribution < 1.29 is 14.3 Å². The fourth-order valence-electron chi connectivity index (χ4n) is 2.19. The van der Waals surface area contributed by atoms with Gasteiger partial charge in [0.2, 0.25) is 0 Å². The van der Waals surface area contributed by atoms with Gasteiger partial charge in [0.15, 0.2) is 11.8 Å². The van der Waals surface area contributed by atoms with Crippen LogP contribution in [0.1, 0.15) is 29.8 Å². The molecule has 0 aromatic heterocycles. The van der Waals surface area contributed by atoms with Gasteiger partial charge in [-0.05, 0) is 58.4 Å². The quantitative estimate of drug-likeness (QED) is 0.542. The molecule has 0 bridgehead atoms. The molecule has 0 spiro atoms. The fraction of sp³-hybridized carbons (Fsp3) is 0.278. The smallest absolute Gasteiger partial charge is 0.196 e. The van der Waals surface area contributed by atoms with E-state index in [-0.39, 0.29) is 20.4 Å². The molecule has 0 N–H and O–H groups in total. The van der Waals surface area contributed by atoms with E-state index in [2.05, 4.69) is 0 Å². The van der Waals surface area contributed by atoms with E-state index in [0.29, 0.717) is 17.2 Å². The molecule has 0 aliphatic carbocycles. The molecule has 0 aliphatic rings. The molecular weight excluding hydrogens is 331 g/mol. The minimum absolute atomic E-state index is 0.0309. The predicted molar refractivity (Wildman–Crippen MR) is 96.6 cm³/mol. The zero-order valence-corrected chi connectivity index (χ0v) is 15.2. The van der Waals surface area contributed by atoms with Crippen molar-refractivity contribution in [3.05, 3.63) is 58.6 Å². The van der Waals surface area contributed by atoms with Crippen LogP contribution in [0.25, 0.3) is 0 Å². The molecule has 3 nitrogen and oxygen atoms in total. The minimum atomic E-state index is -0.291. The first-order valence-electron chi connectivity index (χ1n) is 7.46. The standard InChI is InChI=1S/C18H20ClO3P/c1-4-21-13(3)22-14-8-10-15(11-9-14)23-18(20)17-12(2)6-5-7-16(17)19/h5-11,13,23H,4H2,1-3H3. The molecule has 122 valence electrons. The third kappa shape index (κ3) is 5.04. The van der Waals surface area contributed by atoms with Crippen molar-refractivity contribution in [1.29, 1.82) is 0 Å². The number of carbonyl (C=O) groups excluding carboxylic acids is 1. The Morgan fingerprint density at radius 2 is 1.91 bits per heavy atom. The zero-order chi connectivity index (χ0) is 16.8. The minimum Gasteiger partial charge on any atom is -0.465 e. The van der Waals surface area contributed by atoms with E-state index in [1.807, 2.05) is 57.2 Å². The maximum absolute atomic E-state index is 12.5. The molecule has 0 amide bonds. The highest BCUT2D eigenvalue weighted by atomic mass is 35.5. The normalized spacial score (nSPS) is 12.5. The first kappa shape index (κ1) is 17.9. The van der Waals surface area contributed by atoms with Crippen LogP contribution in [0.3, 0.4) is 0 Å². The van der Waals surface area contributed by atoms with Gasteiger partial charge < -0.3 is 9.47 Å². The molecule has 2 rings (SSSR count). The van der Waals surface area contributed by atoms with Gasteiger partial charge in [0.25, 0.3) is 0 Å². The molecule has 0 saturated heterocycles. The number of ether oxygens (including phenoxy) is 2. The topological polar surface area (TPSA) is 35.5 Å². The Morgan fingerprint density at radius 1 is 1.22 bits per heavy atom. The van der Waals surface area contributed by atoms with E-state index in [4.69, 9.17) is 21.1 Å². The fourth-order valence-corrected chi connectivity index (χ4v) is 3.63. The average molecular weight is 351 g/mol. The summed E-state index contributed by atoms with van der Waals surface area (Å²) in [6.45, 7) is 6.28. The summed E-state index contributed by atoms with van der Waals surface area (Å²) in [5, 5.41) is 1.46. The van der Waals surface area contributed by atoms with Crippen LogP contribution in [0.5, 0.6) is 5.75 Å². The van der Waals surface area contributed by atoms with Crippen molar-refractivity contribution in [1.82, 2.24) is 0 Å². The Balaban J connectivity index is 2.05. The Bertz CT molecular complexity index is 650. The molecule has 5 heteroatoms. The highest BCUT2D eigenvalue weighted by molar-refractivity contribution is 7.66. The van der Waals surface area contributed by atoms with Crippen molar-refractivity contribution in [2.24, 2.45) is 0 Å². The molecule has 2 unspecified atom stereocenters. The Morgan fingerprint density at radius 3 is 2.52 bits per heavy atom. The maximum Gasteiger partial charge on any atom is 0.196 e. The lowest BCUT2D eigenvalue weighted by atomic mass is 10.1. The van der Waals surface area contributed by atoms with E-state index >= 15 is 0 Å². The average Bonchev–Trinajstić information content (AvgIpc) is 2.49. The second kappa shape index (κ2) is 8.44. The van der Waals surface area contributed by atoms with Gasteiger partial charge in [0.05, 0.1) is 5.02 Å². The summed E-state index contributed by atoms with van der Waals surface area (Å²) in [5.41, 5.74) is 1.56. The number of rotatable bonds is 7. The van der Waals surface area contributed by atoms with Gasteiger partial charge in [-0.3, -0.25) is 4.79 Å². The molecule has 0 aliphatic heterocycles. The lowest BCUT2D eigenvalue weighted by molar-refractivity contribution is -0.0613. The van der Waals surface area contributed by atoms with Crippen LogP contribution >= 0.6 is 20.2 Å². The van der Waals surface area contributed by atoms with Crippen LogP contribution in [-0.4, -0.2) is 18.4 Å². The molecule has 0 fully saturated rings. The van der Waals surface area contributed by atoms with E-state index in [9.17, 15) is 4.79 Å². The predicted octanol–water partition coefficient (Wildman–Crippen LogP) is 4.55. The number of hydrogen-bond acceptors (Lipinski definition) is 3. The van der Waals surface area contributed by atoms with Crippen LogP contribution in [-0.2, 0) is 4.74 Å². The van der Waals surface area contributed by atoms with Gasteiger partial charge in [0.1, 0.15) is 5.75 Å². The van der Waals surface area contributed by atoms with E-state index < -0.39 is 0 Å². The first-order valence-corrected chi connectivity index (χ1v) is 8.84. The number of hydrogen-bond donors (Lipinski definition) is 0. The molecule has 2 aromatic rings. The van der Waals surface area contributed by atoms with Gasteiger partial charge >= 0.3 is 0 Å². The number of carbonyl (C=O) groups is 1. The largest absolute Gasteiger partial charge is 0.465 e. The first-order chi connectivity index (χ1) is 11.0. The van der Waals surface area contributed by atoms with Crippen LogP contribution in [0.2, 0.25) is 5.02 Å². The number of aryl methyl sites for hydroxylation is 1. The Hall–Kier alpha value is -1.41. The van der Waals surface area contributed by atoms with Crippen molar-refractivity contribution >= 4 is 31.0 Å². The van der Waals surface area contributed by atoms with Crippen LogP contribution in [0, 0.1) is 6.92 Å². The second-order valence-electron chi connectivity index (χ2n) is 5.05. The summed E-state index contributed by atoms with van der Waals surface area (Å²) in [6.07, 6.45) is -0.291. The SMILES string of the molecule is CCOC(C)Oc1ccc(PC(=O)c2c(C)cccc2Cl)cc1. The molecule has 2 atom stereocenters. The monoisotopic (exact) mass is 350 g/mol. The lowest BCUT2D eigenvalue weighted by Gasteiger charge is -2.14. The molecule has 23 heavy (non-hydrogen) atoms. The van der Waals surface area contributed by atoms with Crippen LogP contribution < -0.4 is 10.0 Å². The summed E-state index contributed by atoms with van der Waals surface area (Å²) in [6, 6.07) is 13.0. The summed E-state index contributed by atoms with van der Waals surface area (Å²) < 4.78 is 10.9. The van der Waals surface area contributed by atoms with Crippen molar-refractivity contribution in [3.8, 4) is 5.75 Å². The van der Waals surface area contributed by atoms with Gasteiger partial charge in [-0.15, -0.1) is 0 Å². The second-order valence-corrected chi connectivity index (χ2v) is 6.74. The molecule has 0 saturated carbocycles. The van der Waals surface area contributed by atoms with E-state index in [1.54, 1.807) is 6.07 Å². The van der Waals surface area contributed by atoms with Crippen molar-refractivity contribution in [3.63, 3.8) is 0 Å². The van der Waals surface area contributed by atoms with Crippen molar-refractivity contribution in [2.45, 2.75) is 27.1 Å². The van der Waals surface area contributed by atoms with Crippen LogP contribution in [0.4, 0.5) is 0 Å². The molecule has 0 radical (unpaired) electrons. The van der Waals surface area contributed by atoms with Crippen LogP contribution in [0.15, 0.2) is 42.5 Å². The van der Waals surface area contributed by atoms with Crippen molar-refractivity contribution in [2.75, 3.05) is 6.61 Å². The zero-order valence-electron chi connectivity index (χ0n) is 13.4. The Kier molecular flexibility index (Phi) is 6.59. The third-order valence-electron chi connectivity index (χ3n) is 3.26. The highest BCUT2D eigenvalue weighted by Crippen LogP contribution is 2.27. The van der Waals surface area contributed by atoms with Gasteiger partial charge in [0, 0.05) is 12.2 Å². The highest BCUT2D eigenvalue weighted by Gasteiger charge is 2.14. The number of halogens is 1. The maximum atomic E-state index is 12.5. The van der Waals surface area contributed by atoms with E-state index in [1.165, 1.54) is 0 Å². The number of benzene rings is 2. The summed E-state index contributed by atoms with van der Waals surface area (Å²) in [4.78, 5) is 12.5. The van der Waals surface area contributed by atoms with E-state index in [0.717, 1.165) is 16.6 Å². The Labute approximate surface area is 143 Å². The van der Waals surface area contributed by atoms with Gasteiger partial charge in [-0.1, -0.05) is 35.9 Å². The van der Waals surface area contributed by atoms with Gasteiger partial charge in [-0.2, -0.15) is 0 Å². The lowest BCUT2D eigenvalue weighted by Crippen LogP contribution is -2.16. The summed E-state index contributed by atoms with van der Waals surface area (Å²) in [7, 11) is 0.0309. The third-order valence-corrected chi connectivity index (χ3v) is 4.68.